The maximum absolute atomic E-state index is 16.0. The van der Waals surface area contributed by atoms with Crippen LogP contribution in [0, 0.1) is 0 Å². The second-order valence-electron chi connectivity index (χ2n) is 31.1. The van der Waals surface area contributed by atoms with Crippen molar-refractivity contribution >= 4 is 178 Å². The molecule has 74 heteroatoms. The molecule has 21 heterocycles. The summed E-state index contributed by atoms with van der Waals surface area (Å²) in [5, 5.41) is 25.0. The Balaban J connectivity index is 0.000000132. The zero-order valence-electron chi connectivity index (χ0n) is 68.2. The fourth-order valence-electron chi connectivity index (χ4n) is 16.4. The summed E-state index contributed by atoms with van der Waals surface area (Å²) >= 11 is 15.3. The summed E-state index contributed by atoms with van der Waals surface area (Å²) in [5.41, 5.74) is 23.4. The number of phosphoric ester groups is 3. The number of phosphoric acid groups is 3. The van der Waals surface area contributed by atoms with E-state index in [0.29, 0.717) is 0 Å². The SMILES string of the molecule is Nc1nc2c(ncn2[C@@H]2O[C@@H]3COP(O)(=S)O[C@H]4[C@@H](F)[C@H](n5cnc6c5N=CCC6=O)O[C@@H]4COP(O)(=S)O[C@@H]2[C@@H]3F)c(=O)[nH]1.Nc1nc2c(ncn2[C@@H]2O[C@@H]3COP(O)(=S)O[C@H]4[C@H](F)[C@H](n5cnc6c5N=CCC6=O)O[C@@H]4COP(=O)(O)O[C@@H]2[C@@H]3F)c(=O)[nH]1.[N-]=[N+]=N[C@H]1[C@H]2OP(=O)(O)OC[C@H]3O[C@@H](n4cnc5c4N=CCC5O)[C@H](O)[C@@H]3OP(=O)(O)OC[C@H]1O[C@H]2n1cnc2c(=O)[nH]c(N)nc21. The molecule has 12 aliphatic rings. The first-order chi connectivity index (χ1) is 65.0. The minimum absolute atomic E-state index is 0.000399. The number of aliphatic hydroxyl groups is 2. The van der Waals surface area contributed by atoms with Crippen LogP contribution >= 0.6 is 43.6 Å². The minimum Gasteiger partial charge on any atom is -0.386 e. The van der Waals surface area contributed by atoms with Crippen molar-refractivity contribution in [3.05, 3.63) is 96.5 Å². The molecule has 736 valence electrons. The molecule has 17 N–H and O–H groups in total. The molecule has 21 rings (SSSR count). The number of imidazole rings is 6. The van der Waals surface area contributed by atoms with Crippen molar-refractivity contribution in [3.8, 4) is 0 Å². The lowest BCUT2D eigenvalue weighted by molar-refractivity contribution is -0.0673. The third-order valence-corrected chi connectivity index (χ3v) is 30.1. The van der Waals surface area contributed by atoms with Crippen molar-refractivity contribution in [2.24, 2.45) is 20.1 Å². The van der Waals surface area contributed by atoms with E-state index in [1.165, 1.54) is 40.4 Å². The van der Waals surface area contributed by atoms with Crippen LogP contribution < -0.4 is 33.9 Å². The minimum atomic E-state index is -5.19. The fraction of sp³-hybridized carbons (Fsp3) is 0.540. The van der Waals surface area contributed by atoms with Crippen LogP contribution in [0.3, 0.4) is 0 Å². The summed E-state index contributed by atoms with van der Waals surface area (Å²) in [6.45, 7) is -17.8. The van der Waals surface area contributed by atoms with Crippen LogP contribution in [0.15, 0.2) is 72.4 Å². The molecular weight excluding hydrogens is 2040 g/mol. The number of ether oxygens (including phenoxy) is 6. The van der Waals surface area contributed by atoms with Gasteiger partial charge in [-0.2, -0.15) is 15.0 Å². The van der Waals surface area contributed by atoms with Crippen LogP contribution in [-0.4, -0.2) is 307 Å². The number of aliphatic hydroxyl groups excluding tert-OH is 2. The number of fused-ring (bicyclic) bond motifs is 15. The zero-order valence-corrected chi connectivity index (χ0v) is 76.0. The van der Waals surface area contributed by atoms with Crippen molar-refractivity contribution in [2.45, 2.75) is 173 Å². The van der Waals surface area contributed by atoms with Crippen LogP contribution in [0.2, 0.25) is 0 Å². The Bertz CT molecular complexity index is 6710. The Labute approximate surface area is 771 Å². The number of nitrogens with one attached hydrogen (secondary N) is 3. The summed E-state index contributed by atoms with van der Waals surface area (Å²) in [7, 11) is -15.5. The van der Waals surface area contributed by atoms with E-state index in [2.05, 4.69) is 84.8 Å². The maximum atomic E-state index is 16.0. The molecule has 0 saturated carbocycles. The third kappa shape index (κ3) is 18.9. The van der Waals surface area contributed by atoms with Crippen LogP contribution in [0.1, 0.15) is 89.4 Å². The number of azide groups is 1. The van der Waals surface area contributed by atoms with E-state index in [1.807, 2.05) is 0 Å². The monoisotopic (exact) mass is 2110 g/mol. The predicted molar refractivity (Wildman–Crippen MR) is 452 cm³/mol. The fourth-order valence-corrected chi connectivity index (χ4v) is 23.5. The normalized spacial score (nSPS) is 38.8. The third-order valence-electron chi connectivity index (χ3n) is 22.5. The molecule has 0 amide bonds. The molecule has 0 aliphatic carbocycles. The average molecular weight is 2110 g/mol. The molecule has 0 aromatic carbocycles. The molecule has 9 aromatic rings. The van der Waals surface area contributed by atoms with Gasteiger partial charge in [-0.15, -0.1) is 0 Å². The number of nitrogens with zero attached hydrogens (tertiary/aromatic N) is 21. The summed E-state index contributed by atoms with van der Waals surface area (Å²) in [6, 6.07) is -1.50. The number of Topliss-reactive ketones (excluding diaryl/α,β-unsaturated/α-hetero) is 2. The van der Waals surface area contributed by atoms with E-state index in [0.717, 1.165) is 43.6 Å². The number of anilines is 3. The summed E-state index contributed by atoms with van der Waals surface area (Å²) in [5.74, 6) is -1.37. The smallest absolute Gasteiger partial charge is 0.386 e. The molecule has 31 atom stereocenters. The number of aromatic amines is 3. The van der Waals surface area contributed by atoms with Gasteiger partial charge in [-0.25, -0.2) is 76.1 Å². The van der Waals surface area contributed by atoms with Crippen LogP contribution in [0.5, 0.6) is 0 Å². The standard InChI is InChI=1S/C21H22F2N8O11P2S.C21H22F2N8O10P2S2.C21H25N11O13P2/c22-10-8-3-38-44(36,45)42-14-9(40-19(11(14)23)30-5-26-12-7(32)1-2-25-16(12)30)4-37-43(34,35)41-15(10)20(39-8)31-6-27-13-17(31)28-21(24)29-18(13)33;22-10-8-3-36-42(34,44)40-14-9(39-19(11(14)23)30-5-26-12-7(32)1-2-25-16(12)30)4-37-43(35,45)41-15(10)20(38-8)31-6-27-13-17(31)28-21(24)29-18(13)33;22-21-27-17-12(18(35)28-21)26-6-32(17)20-15-11(29-30-23)8(42-20)3-40-46(36,37)44-14-9(4-41-47(38,39)45-15)43-19(13(14)34)31-5-25-10-7(33)1-2-24-16(10)31/h2,5-6,8-11,14-15,19-20H,1,3-4H2,(H,34,35)(H,36,45)(H3,24,28,29,33);2,5-6,8-11,14-15,19-20H,1,3-4H2,(H,34,44)(H,35,45)(H3,24,28,29,33);2,5-9,11,13-15,19-20,33-34H,1,3-4H2,(H,36,37)(H,38,39)(H3,22,27,28,35)/t8-,9-,10-,11+,14-,15-,19-,20-,44?;8-,9-,10-,11-,14-,15-,19-,20-,42?,43?;7?,8-,9-,11-,13-,14-,15-,19-,20-/m111/s1. The zero-order chi connectivity index (χ0) is 96.9. The van der Waals surface area contributed by atoms with E-state index >= 15 is 17.6 Å². The number of rotatable bonds is 7. The Morgan fingerprint density at radius 1 is 0.416 bits per heavy atom. The Morgan fingerprint density at radius 3 is 1.21 bits per heavy atom. The van der Waals surface area contributed by atoms with E-state index < -0.39 is 253 Å². The summed E-state index contributed by atoms with van der Waals surface area (Å²) < 4.78 is 209. The van der Waals surface area contributed by atoms with Gasteiger partial charge in [0.2, 0.25) is 17.8 Å². The molecule has 7 unspecified atom stereocenters. The molecular formula is C63H69F4N27O34P6S3. The summed E-state index contributed by atoms with van der Waals surface area (Å²) in [4.78, 5) is 184. The van der Waals surface area contributed by atoms with Gasteiger partial charge >= 0.3 is 43.6 Å². The van der Waals surface area contributed by atoms with Gasteiger partial charge in [0.25, 0.3) is 16.7 Å². The molecule has 9 saturated heterocycles. The van der Waals surface area contributed by atoms with Gasteiger partial charge in [0.15, 0.2) is 136 Å². The number of hydrogen-bond donors (Lipinski definition) is 14. The number of aromatic nitrogens is 18. The summed E-state index contributed by atoms with van der Waals surface area (Å²) in [6.07, 6.45) is -28.4. The number of hydrogen-bond acceptors (Lipinski definition) is 47. The highest BCUT2D eigenvalue weighted by Crippen LogP contribution is 2.60. The lowest BCUT2D eigenvalue weighted by Gasteiger charge is -2.27. The Hall–Kier alpha value is -8.94. The Kier molecular flexibility index (Phi) is 26.3. The van der Waals surface area contributed by atoms with Crippen LogP contribution in [-0.2, 0) is 132 Å². The Morgan fingerprint density at radius 2 is 0.759 bits per heavy atom. The quantitative estimate of drug-likeness (QED) is 0.0343. The first kappa shape index (κ1) is 96.9. The van der Waals surface area contributed by atoms with Crippen molar-refractivity contribution in [3.63, 3.8) is 0 Å². The molecule has 137 heavy (non-hydrogen) atoms. The molecule has 0 spiro atoms. The van der Waals surface area contributed by atoms with Gasteiger partial charge in [-0.1, -0.05) is 5.11 Å². The first-order valence-electron chi connectivity index (χ1n) is 39.8. The number of nitrogens with two attached hydrogens (primary N) is 3. The number of nitrogen functional groups attached to an aromatic ring is 3. The van der Waals surface area contributed by atoms with Crippen molar-refractivity contribution in [1.82, 2.24) is 87.2 Å². The molecule has 9 fully saturated rings. The molecule has 0 radical (unpaired) electrons. The predicted octanol–water partition coefficient (Wildman–Crippen LogP) is 0.692. The number of carbonyl (C=O) groups excluding carboxylic acids is 2. The van der Waals surface area contributed by atoms with Crippen molar-refractivity contribution < 1.29 is 163 Å². The number of aliphatic imine (C=N–C) groups is 3. The van der Waals surface area contributed by atoms with Crippen LogP contribution in [0.25, 0.3) is 43.9 Å². The highest BCUT2D eigenvalue weighted by Gasteiger charge is 2.60. The topological polar surface area (TPSA) is 821 Å². The number of carbonyl (C=O) groups is 2. The van der Waals surface area contributed by atoms with Crippen molar-refractivity contribution in [1.29, 1.82) is 0 Å². The van der Waals surface area contributed by atoms with E-state index in [-0.39, 0.29) is 117 Å². The number of H-pyrrole nitrogens is 3. The van der Waals surface area contributed by atoms with Gasteiger partial charge in [-0.3, -0.25) is 107 Å². The first-order valence-corrected chi connectivity index (χ1v) is 52.1. The largest absolute Gasteiger partial charge is 0.472 e. The maximum Gasteiger partial charge on any atom is 0.472 e. The van der Waals surface area contributed by atoms with Gasteiger partial charge in [0, 0.05) is 42.8 Å². The lowest BCUT2D eigenvalue weighted by Crippen LogP contribution is -2.36. The van der Waals surface area contributed by atoms with E-state index in [1.54, 1.807) is 0 Å². The van der Waals surface area contributed by atoms with Gasteiger partial charge in [0.1, 0.15) is 85.0 Å². The average Bonchev–Trinajstić information content (AvgIpc) is 1.63. The highest BCUT2D eigenvalue weighted by atomic mass is 32.5. The molecule has 6 bridgehead atoms. The number of ketones is 2. The second-order valence-corrected chi connectivity index (χ2v) is 43.7. The van der Waals surface area contributed by atoms with Gasteiger partial charge in [-0.05, 0) is 41.0 Å². The molecule has 61 nitrogen and oxygen atoms in total. The highest BCUT2D eigenvalue weighted by molar-refractivity contribution is 8.07. The van der Waals surface area contributed by atoms with Crippen LogP contribution in [0.4, 0.5) is 52.9 Å². The number of halogens is 4. The lowest BCUT2D eigenvalue weighted by atomic mass is 10.1. The van der Waals surface area contributed by atoms with E-state index in [4.69, 9.17) is 135 Å². The molecule has 12 aliphatic heterocycles. The second kappa shape index (κ2) is 37.2. The van der Waals surface area contributed by atoms with Gasteiger partial charge in [0.05, 0.1) is 89.8 Å². The van der Waals surface area contributed by atoms with Crippen molar-refractivity contribution in [2.75, 3.05) is 56.8 Å². The van der Waals surface area contributed by atoms with E-state index in [9.17, 15) is 82.8 Å². The van der Waals surface area contributed by atoms with Gasteiger partial charge < -0.3 is 98.8 Å². The molecule has 9 aromatic heterocycles. The number of alkyl halides is 4.